The highest BCUT2D eigenvalue weighted by molar-refractivity contribution is 6.01. The van der Waals surface area contributed by atoms with E-state index >= 15 is 0 Å². The largest absolute Gasteiger partial charge is 0.462 e. The monoisotopic (exact) mass is 391 g/mol. The molecule has 0 aliphatic heterocycles. The first-order valence-corrected chi connectivity index (χ1v) is 9.70. The fourth-order valence-corrected chi connectivity index (χ4v) is 2.92. The summed E-state index contributed by atoms with van der Waals surface area (Å²) in [5.74, 6) is -0.847. The van der Waals surface area contributed by atoms with Crippen LogP contribution in [0.5, 0.6) is 0 Å². The highest BCUT2D eigenvalue weighted by atomic mass is 16.5. The molecule has 2 aromatic carbocycles. The van der Waals surface area contributed by atoms with Crippen LogP contribution in [0.2, 0.25) is 0 Å². The molecule has 0 unspecified atom stereocenters. The van der Waals surface area contributed by atoms with Gasteiger partial charge in [0, 0.05) is 11.8 Å². The number of benzene rings is 2. The maximum atomic E-state index is 12.8. The molecule has 0 spiro atoms. The number of hydrogen-bond donors (Lipinski definition) is 1. The van der Waals surface area contributed by atoms with Crippen molar-refractivity contribution in [3.63, 3.8) is 0 Å². The van der Waals surface area contributed by atoms with Gasteiger partial charge in [-0.2, -0.15) is 5.10 Å². The number of aryl methyl sites for hydroxylation is 1. The molecule has 0 saturated heterocycles. The van der Waals surface area contributed by atoms with Crippen LogP contribution in [0.15, 0.2) is 60.8 Å². The van der Waals surface area contributed by atoms with Gasteiger partial charge in [0.05, 0.1) is 17.4 Å². The first-order valence-electron chi connectivity index (χ1n) is 9.70. The van der Waals surface area contributed by atoms with Crippen molar-refractivity contribution in [2.45, 2.75) is 33.3 Å². The number of carbonyl (C=O) groups excluding carboxylic acids is 2. The number of carbonyl (C=O) groups is 2. The number of ether oxygens (including phenoxy) is 1. The molecule has 1 heterocycles. The molecule has 0 aliphatic rings. The van der Waals surface area contributed by atoms with E-state index in [9.17, 15) is 9.59 Å². The second-order valence-corrected chi connectivity index (χ2v) is 6.94. The summed E-state index contributed by atoms with van der Waals surface area (Å²) in [7, 11) is 0. The van der Waals surface area contributed by atoms with Gasteiger partial charge < -0.3 is 10.1 Å². The van der Waals surface area contributed by atoms with Crippen LogP contribution in [-0.4, -0.2) is 34.3 Å². The van der Waals surface area contributed by atoms with Gasteiger partial charge >= 0.3 is 5.97 Å². The van der Waals surface area contributed by atoms with E-state index in [0.717, 1.165) is 17.7 Å². The van der Waals surface area contributed by atoms with Crippen molar-refractivity contribution in [3.8, 4) is 16.9 Å². The summed E-state index contributed by atoms with van der Waals surface area (Å²) in [6.07, 6.45) is 2.39. The van der Waals surface area contributed by atoms with Crippen LogP contribution in [0.1, 0.15) is 36.7 Å². The van der Waals surface area contributed by atoms with Gasteiger partial charge in [-0.05, 0) is 38.0 Å². The Bertz CT molecular complexity index is 976. The van der Waals surface area contributed by atoms with Gasteiger partial charge in [0.1, 0.15) is 12.2 Å². The lowest BCUT2D eigenvalue weighted by atomic mass is 10.0. The maximum Gasteiger partial charge on any atom is 0.325 e. The summed E-state index contributed by atoms with van der Waals surface area (Å²) in [6.45, 7) is 5.43. The van der Waals surface area contributed by atoms with Crippen LogP contribution in [0.25, 0.3) is 16.9 Å². The lowest BCUT2D eigenvalue weighted by Gasteiger charge is -2.09. The van der Waals surface area contributed by atoms with Crippen LogP contribution in [0, 0.1) is 0 Å². The molecule has 0 fully saturated rings. The zero-order chi connectivity index (χ0) is 20.8. The van der Waals surface area contributed by atoms with Gasteiger partial charge in [-0.1, -0.05) is 49.4 Å². The summed E-state index contributed by atoms with van der Waals surface area (Å²) in [5, 5.41) is 7.28. The van der Waals surface area contributed by atoms with Gasteiger partial charge in [-0.25, -0.2) is 4.68 Å². The van der Waals surface area contributed by atoms with E-state index in [1.165, 1.54) is 5.56 Å². The third kappa shape index (κ3) is 5.10. The van der Waals surface area contributed by atoms with Crippen LogP contribution in [-0.2, 0) is 16.0 Å². The van der Waals surface area contributed by atoms with E-state index in [-0.39, 0.29) is 18.6 Å². The molecule has 0 atom stereocenters. The topological polar surface area (TPSA) is 73.2 Å². The molecule has 6 nitrogen and oxygen atoms in total. The SMILES string of the molecule is CCc1ccc(-c2nn(-c3ccccc3)cc2C(=O)NCC(=O)OC(C)C)cc1. The molecule has 0 radical (unpaired) electrons. The molecule has 150 valence electrons. The van der Waals surface area contributed by atoms with Crippen LogP contribution in [0.4, 0.5) is 0 Å². The third-order valence-corrected chi connectivity index (χ3v) is 4.38. The highest BCUT2D eigenvalue weighted by Crippen LogP contribution is 2.24. The van der Waals surface area contributed by atoms with E-state index < -0.39 is 5.97 Å². The molecule has 3 rings (SSSR count). The molecule has 29 heavy (non-hydrogen) atoms. The number of esters is 1. The Morgan fingerprint density at radius 1 is 1.07 bits per heavy atom. The van der Waals surface area contributed by atoms with Crippen molar-refractivity contribution in [3.05, 3.63) is 71.9 Å². The Morgan fingerprint density at radius 2 is 1.76 bits per heavy atom. The minimum atomic E-state index is -0.474. The van der Waals surface area contributed by atoms with Crippen LogP contribution in [0.3, 0.4) is 0 Å². The predicted octanol–water partition coefficient (Wildman–Crippen LogP) is 3.78. The molecule has 6 heteroatoms. The molecule has 1 N–H and O–H groups in total. The first kappa shape index (κ1) is 20.3. The van der Waals surface area contributed by atoms with Crippen molar-refractivity contribution in [1.29, 1.82) is 0 Å². The average molecular weight is 391 g/mol. The minimum absolute atomic E-state index is 0.193. The van der Waals surface area contributed by atoms with Crippen molar-refractivity contribution in [2.24, 2.45) is 0 Å². The fourth-order valence-electron chi connectivity index (χ4n) is 2.92. The Kier molecular flexibility index (Phi) is 6.44. The van der Waals surface area contributed by atoms with E-state index in [1.54, 1.807) is 24.7 Å². The van der Waals surface area contributed by atoms with E-state index in [2.05, 4.69) is 17.3 Å². The second-order valence-electron chi connectivity index (χ2n) is 6.94. The number of hydrogen-bond acceptors (Lipinski definition) is 4. The summed E-state index contributed by atoms with van der Waals surface area (Å²) in [5.41, 5.74) is 3.85. The van der Waals surface area contributed by atoms with E-state index in [4.69, 9.17) is 4.74 Å². The minimum Gasteiger partial charge on any atom is -0.462 e. The smallest absolute Gasteiger partial charge is 0.325 e. The van der Waals surface area contributed by atoms with Crippen molar-refractivity contribution in [2.75, 3.05) is 6.54 Å². The van der Waals surface area contributed by atoms with Crippen LogP contribution < -0.4 is 5.32 Å². The lowest BCUT2D eigenvalue weighted by Crippen LogP contribution is -2.31. The first-order chi connectivity index (χ1) is 14.0. The number of amides is 1. The van der Waals surface area contributed by atoms with E-state index in [0.29, 0.717) is 11.3 Å². The number of nitrogens with one attached hydrogen (secondary N) is 1. The molecule has 1 amide bonds. The zero-order valence-corrected chi connectivity index (χ0v) is 16.9. The lowest BCUT2D eigenvalue weighted by molar-refractivity contribution is -0.146. The normalized spacial score (nSPS) is 10.8. The number of rotatable bonds is 7. The fraction of sp³-hybridized carbons (Fsp3) is 0.261. The molecule has 0 saturated carbocycles. The summed E-state index contributed by atoms with van der Waals surface area (Å²) < 4.78 is 6.75. The Morgan fingerprint density at radius 3 is 2.38 bits per heavy atom. The molecule has 0 aliphatic carbocycles. The number of aromatic nitrogens is 2. The number of para-hydroxylation sites is 1. The quantitative estimate of drug-likeness (QED) is 0.622. The summed E-state index contributed by atoms with van der Waals surface area (Å²) >= 11 is 0. The van der Waals surface area contributed by atoms with Crippen molar-refractivity contribution >= 4 is 11.9 Å². The zero-order valence-electron chi connectivity index (χ0n) is 16.9. The molecular formula is C23H25N3O3. The Labute approximate surface area is 170 Å². The van der Waals surface area contributed by atoms with Gasteiger partial charge in [-0.3, -0.25) is 9.59 Å². The third-order valence-electron chi connectivity index (χ3n) is 4.38. The summed E-state index contributed by atoms with van der Waals surface area (Å²) in [6, 6.07) is 17.5. The van der Waals surface area contributed by atoms with Crippen molar-refractivity contribution in [1.82, 2.24) is 15.1 Å². The maximum absolute atomic E-state index is 12.8. The molecular weight excluding hydrogens is 366 g/mol. The highest BCUT2D eigenvalue weighted by Gasteiger charge is 2.19. The molecule has 1 aromatic heterocycles. The Balaban J connectivity index is 1.92. The average Bonchev–Trinajstić information content (AvgIpc) is 3.18. The van der Waals surface area contributed by atoms with Gasteiger partial charge in [0.25, 0.3) is 5.91 Å². The standard InChI is InChI=1S/C23H25N3O3/c1-4-17-10-12-18(13-11-17)22-20(23(28)24-14-21(27)29-16(2)3)15-26(25-22)19-8-6-5-7-9-19/h5-13,15-16H,4,14H2,1-3H3,(H,24,28). The summed E-state index contributed by atoms with van der Waals surface area (Å²) in [4.78, 5) is 24.6. The molecule has 3 aromatic rings. The van der Waals surface area contributed by atoms with Crippen molar-refractivity contribution < 1.29 is 14.3 Å². The number of nitrogens with zero attached hydrogens (tertiary/aromatic N) is 2. The van der Waals surface area contributed by atoms with Gasteiger partial charge in [0.2, 0.25) is 0 Å². The predicted molar refractivity (Wildman–Crippen MR) is 112 cm³/mol. The van der Waals surface area contributed by atoms with Gasteiger partial charge in [-0.15, -0.1) is 0 Å². The van der Waals surface area contributed by atoms with Crippen LogP contribution >= 0.6 is 0 Å². The molecule has 0 bridgehead atoms. The van der Waals surface area contributed by atoms with E-state index in [1.807, 2.05) is 54.6 Å². The Hall–Kier alpha value is -3.41. The second kappa shape index (κ2) is 9.19. The van der Waals surface area contributed by atoms with Gasteiger partial charge in [0.15, 0.2) is 0 Å².